The fraction of sp³-hybridized carbons (Fsp3) is 0.300. The summed E-state index contributed by atoms with van der Waals surface area (Å²) in [7, 11) is -3.43. The van der Waals surface area contributed by atoms with Crippen LogP contribution in [0.5, 0.6) is 0 Å². The first-order valence-corrected chi connectivity index (χ1v) is 7.55. The molecule has 1 aromatic rings. The topological polar surface area (TPSA) is 51.2 Å². The summed E-state index contributed by atoms with van der Waals surface area (Å²) in [6, 6.07) is 6.21. The number of sulfone groups is 1. The lowest BCUT2D eigenvalue weighted by Gasteiger charge is -2.08. The zero-order chi connectivity index (χ0) is 12.3. The molecule has 1 rings (SSSR count). The summed E-state index contributed by atoms with van der Waals surface area (Å²) in [4.78, 5) is 11.8. The number of Topliss-reactive ketones (excluding diaryl/α,β-unsaturated/α-hetero) is 1. The second kappa shape index (κ2) is 5.29. The summed E-state index contributed by atoms with van der Waals surface area (Å²) in [6.45, 7) is 1.49. The van der Waals surface area contributed by atoms with E-state index in [-0.39, 0.29) is 11.3 Å². The molecule has 0 radical (unpaired) electrons. The molecule has 1 atom stereocenters. The Morgan fingerprint density at radius 1 is 1.50 bits per heavy atom. The van der Waals surface area contributed by atoms with Crippen molar-refractivity contribution in [3.05, 3.63) is 34.9 Å². The number of alkyl halides is 1. The van der Waals surface area contributed by atoms with E-state index < -0.39 is 19.8 Å². The predicted octanol–water partition coefficient (Wildman–Crippen LogP) is 2.68. The third kappa shape index (κ3) is 3.06. The SMILES string of the molecule is CCS(=O)(=O)C(Br)C(=O)c1cccc(Cl)c1. The molecule has 0 fully saturated rings. The van der Waals surface area contributed by atoms with Crippen LogP contribution in [0.3, 0.4) is 0 Å². The maximum Gasteiger partial charge on any atom is 0.191 e. The van der Waals surface area contributed by atoms with Crippen molar-refractivity contribution in [1.82, 2.24) is 0 Å². The first-order chi connectivity index (χ1) is 7.38. The number of carbonyl (C=O) groups is 1. The number of carbonyl (C=O) groups excluding carboxylic acids is 1. The molecule has 1 unspecified atom stereocenters. The van der Waals surface area contributed by atoms with Crippen LogP contribution < -0.4 is 0 Å². The molecular weight excluding hydrogens is 316 g/mol. The molecule has 6 heteroatoms. The zero-order valence-corrected chi connectivity index (χ0v) is 11.6. The van der Waals surface area contributed by atoms with Gasteiger partial charge in [-0.1, -0.05) is 46.6 Å². The zero-order valence-electron chi connectivity index (χ0n) is 8.48. The van der Waals surface area contributed by atoms with E-state index >= 15 is 0 Å². The summed E-state index contributed by atoms with van der Waals surface area (Å²) in [6.07, 6.45) is 0. The largest absolute Gasteiger partial charge is 0.292 e. The van der Waals surface area contributed by atoms with Gasteiger partial charge >= 0.3 is 0 Å². The molecule has 16 heavy (non-hydrogen) atoms. The fourth-order valence-electron chi connectivity index (χ4n) is 1.08. The van der Waals surface area contributed by atoms with Gasteiger partial charge in [-0.05, 0) is 12.1 Å². The van der Waals surface area contributed by atoms with Gasteiger partial charge in [0.1, 0.15) is 0 Å². The number of benzene rings is 1. The number of hydrogen-bond donors (Lipinski definition) is 0. The van der Waals surface area contributed by atoms with Gasteiger partial charge < -0.3 is 0 Å². The van der Waals surface area contributed by atoms with Crippen molar-refractivity contribution in [3.63, 3.8) is 0 Å². The van der Waals surface area contributed by atoms with Crippen molar-refractivity contribution in [2.75, 3.05) is 5.75 Å². The van der Waals surface area contributed by atoms with Crippen LogP contribution in [0.1, 0.15) is 17.3 Å². The Hall–Kier alpha value is -0.390. The van der Waals surface area contributed by atoms with Gasteiger partial charge in [0.2, 0.25) is 0 Å². The van der Waals surface area contributed by atoms with Crippen LogP contribution in [0.2, 0.25) is 5.02 Å². The minimum absolute atomic E-state index is 0.0881. The molecule has 0 amide bonds. The molecule has 0 saturated carbocycles. The van der Waals surface area contributed by atoms with Gasteiger partial charge in [-0.2, -0.15) is 0 Å². The summed E-state index contributed by atoms with van der Waals surface area (Å²) < 4.78 is 21.8. The van der Waals surface area contributed by atoms with Crippen molar-refractivity contribution >= 4 is 43.2 Å². The molecule has 0 heterocycles. The van der Waals surface area contributed by atoms with E-state index in [0.29, 0.717) is 5.02 Å². The second-order valence-electron chi connectivity index (χ2n) is 3.14. The maximum absolute atomic E-state index is 11.8. The number of hydrogen-bond acceptors (Lipinski definition) is 3. The van der Waals surface area contributed by atoms with Crippen LogP contribution in [0.4, 0.5) is 0 Å². The summed E-state index contributed by atoms with van der Waals surface area (Å²) in [5.74, 6) is -0.584. The van der Waals surface area contributed by atoms with Gasteiger partial charge in [0, 0.05) is 16.3 Å². The lowest BCUT2D eigenvalue weighted by molar-refractivity contribution is 0.101. The average Bonchev–Trinajstić information content (AvgIpc) is 2.27. The van der Waals surface area contributed by atoms with E-state index in [4.69, 9.17) is 11.6 Å². The normalized spacial score (nSPS) is 13.4. The Morgan fingerprint density at radius 3 is 2.62 bits per heavy atom. The Bertz CT molecular complexity index is 499. The highest BCUT2D eigenvalue weighted by atomic mass is 79.9. The lowest BCUT2D eigenvalue weighted by atomic mass is 10.1. The van der Waals surface area contributed by atoms with Crippen molar-refractivity contribution in [2.45, 2.75) is 11.1 Å². The smallest absolute Gasteiger partial charge is 0.191 e. The highest BCUT2D eigenvalue weighted by Crippen LogP contribution is 2.19. The highest BCUT2D eigenvalue weighted by Gasteiger charge is 2.28. The standard InChI is InChI=1S/C10H10BrClO3S/c1-2-16(14,15)10(11)9(13)7-4-3-5-8(12)6-7/h3-6,10H,2H2,1H3. The van der Waals surface area contributed by atoms with Crippen LogP contribution in [0.15, 0.2) is 24.3 Å². The van der Waals surface area contributed by atoms with Gasteiger partial charge in [0.15, 0.2) is 19.8 Å². The Labute approximate surface area is 108 Å². The van der Waals surface area contributed by atoms with Crippen molar-refractivity contribution in [2.24, 2.45) is 0 Å². The monoisotopic (exact) mass is 324 g/mol. The van der Waals surface area contributed by atoms with E-state index in [2.05, 4.69) is 15.9 Å². The minimum atomic E-state index is -3.43. The Morgan fingerprint density at radius 2 is 2.12 bits per heavy atom. The molecule has 0 aliphatic heterocycles. The van der Waals surface area contributed by atoms with Gasteiger partial charge in [0.05, 0.1) is 0 Å². The predicted molar refractivity (Wildman–Crippen MR) is 68.0 cm³/mol. The fourth-order valence-corrected chi connectivity index (χ4v) is 3.08. The molecule has 0 spiro atoms. The van der Waals surface area contributed by atoms with Crippen LogP contribution in [-0.4, -0.2) is 24.1 Å². The average molecular weight is 326 g/mol. The van der Waals surface area contributed by atoms with Crippen LogP contribution >= 0.6 is 27.5 Å². The van der Waals surface area contributed by atoms with Gasteiger partial charge in [0.25, 0.3) is 0 Å². The van der Waals surface area contributed by atoms with E-state index in [1.165, 1.54) is 19.1 Å². The third-order valence-corrected chi connectivity index (χ3v) is 6.04. The Kier molecular flexibility index (Phi) is 4.52. The molecule has 0 aliphatic carbocycles. The van der Waals surface area contributed by atoms with E-state index in [1.807, 2.05) is 0 Å². The molecule has 3 nitrogen and oxygen atoms in total. The highest BCUT2D eigenvalue weighted by molar-refractivity contribution is 9.11. The number of halogens is 2. The van der Waals surface area contributed by atoms with Crippen molar-refractivity contribution < 1.29 is 13.2 Å². The van der Waals surface area contributed by atoms with Crippen LogP contribution in [0, 0.1) is 0 Å². The first-order valence-electron chi connectivity index (χ1n) is 4.54. The second-order valence-corrected chi connectivity index (χ2v) is 7.47. The van der Waals surface area contributed by atoms with E-state index in [1.54, 1.807) is 12.1 Å². The third-order valence-electron chi connectivity index (χ3n) is 2.03. The molecular formula is C10H10BrClO3S. The summed E-state index contributed by atoms with van der Waals surface area (Å²) in [5.41, 5.74) is 0.284. The molecule has 0 aromatic heterocycles. The van der Waals surface area contributed by atoms with Gasteiger partial charge in [-0.15, -0.1) is 0 Å². The molecule has 0 saturated heterocycles. The molecule has 1 aromatic carbocycles. The van der Waals surface area contributed by atoms with Crippen LogP contribution in [-0.2, 0) is 9.84 Å². The summed E-state index contributed by atoms with van der Waals surface area (Å²) in [5, 5.41) is 0.402. The van der Waals surface area contributed by atoms with Crippen molar-refractivity contribution in [3.8, 4) is 0 Å². The maximum atomic E-state index is 11.8. The quantitative estimate of drug-likeness (QED) is 0.632. The molecule has 88 valence electrons. The molecule has 0 aliphatic rings. The van der Waals surface area contributed by atoms with Crippen LogP contribution in [0.25, 0.3) is 0 Å². The van der Waals surface area contributed by atoms with Gasteiger partial charge in [-0.3, -0.25) is 4.79 Å². The van der Waals surface area contributed by atoms with Crippen molar-refractivity contribution in [1.29, 1.82) is 0 Å². The Balaban J connectivity index is 3.04. The summed E-state index contributed by atoms with van der Waals surface area (Å²) >= 11 is 8.63. The van der Waals surface area contributed by atoms with Gasteiger partial charge in [-0.25, -0.2) is 8.42 Å². The van der Waals surface area contributed by atoms with E-state index in [9.17, 15) is 13.2 Å². The number of ketones is 1. The molecule has 0 bridgehead atoms. The first kappa shape index (κ1) is 13.7. The molecule has 0 N–H and O–H groups in total. The van der Waals surface area contributed by atoms with E-state index in [0.717, 1.165) is 0 Å². The minimum Gasteiger partial charge on any atom is -0.292 e. The number of rotatable bonds is 4. The lowest BCUT2D eigenvalue weighted by Crippen LogP contribution is -2.26.